The Morgan fingerprint density at radius 1 is 1.23 bits per heavy atom. The Morgan fingerprint density at radius 3 is 2.46 bits per heavy atom. The van der Waals surface area contributed by atoms with Crippen molar-refractivity contribution in [1.82, 2.24) is 5.32 Å². The van der Waals surface area contributed by atoms with E-state index in [1.54, 1.807) is 0 Å². The van der Waals surface area contributed by atoms with Crippen LogP contribution in [0.25, 0.3) is 0 Å². The number of halogens is 1. The Kier molecular flexibility index (Phi) is 1.59. The van der Waals surface area contributed by atoms with Gasteiger partial charge in [-0.3, -0.25) is 0 Å². The number of nitrogens with one attached hydrogen (secondary N) is 1. The highest BCUT2D eigenvalue weighted by Crippen LogP contribution is 2.48. The van der Waals surface area contributed by atoms with Gasteiger partial charge in [-0.25, -0.2) is 0 Å². The predicted octanol–water partition coefficient (Wildman–Crippen LogP) is 2.45. The van der Waals surface area contributed by atoms with Crippen LogP contribution in [0.5, 0.6) is 0 Å². The van der Waals surface area contributed by atoms with Crippen LogP contribution in [0, 0.1) is 0 Å². The Hall–Kier alpha value is -0.340. The van der Waals surface area contributed by atoms with Crippen LogP contribution in [0.4, 0.5) is 0 Å². The lowest BCUT2D eigenvalue weighted by atomic mass is 9.66. The van der Waals surface area contributed by atoms with Gasteiger partial charge in [-0.15, -0.1) is 0 Å². The molecule has 1 saturated carbocycles. The van der Waals surface area contributed by atoms with Crippen LogP contribution in [0.3, 0.4) is 0 Å². The van der Waals surface area contributed by atoms with Crippen LogP contribution in [0.2, 0.25) is 0 Å². The predicted molar refractivity (Wildman–Crippen MR) is 56.8 cm³/mol. The molecule has 2 bridgehead atoms. The standard InChI is InChI=1S/C11H12BrN/c12-9-3-1-8(2-4-9)11-5-10(6-11)13-7-11/h1-4,10,13H,5-7H2. The van der Waals surface area contributed by atoms with Crippen molar-refractivity contribution in [1.29, 1.82) is 0 Å². The van der Waals surface area contributed by atoms with Gasteiger partial charge in [-0.1, -0.05) is 28.1 Å². The van der Waals surface area contributed by atoms with E-state index in [2.05, 4.69) is 45.5 Å². The topological polar surface area (TPSA) is 12.0 Å². The van der Waals surface area contributed by atoms with Gasteiger partial charge in [0.1, 0.15) is 0 Å². The molecule has 1 nitrogen and oxygen atoms in total. The molecule has 68 valence electrons. The summed E-state index contributed by atoms with van der Waals surface area (Å²) >= 11 is 3.47. The fourth-order valence-electron chi connectivity index (χ4n) is 2.65. The van der Waals surface area contributed by atoms with Gasteiger partial charge in [-0.05, 0) is 30.5 Å². The quantitative estimate of drug-likeness (QED) is 0.792. The number of hydrogen-bond acceptors (Lipinski definition) is 1. The van der Waals surface area contributed by atoms with Crippen LogP contribution in [0.15, 0.2) is 28.7 Å². The first-order chi connectivity index (χ1) is 6.28. The van der Waals surface area contributed by atoms with Crippen molar-refractivity contribution in [2.75, 3.05) is 6.54 Å². The zero-order chi connectivity index (χ0) is 8.89. The fraction of sp³-hybridized carbons (Fsp3) is 0.455. The molecule has 1 aromatic carbocycles. The highest BCUT2D eigenvalue weighted by atomic mass is 79.9. The maximum absolute atomic E-state index is 3.54. The molecule has 1 aromatic rings. The highest BCUT2D eigenvalue weighted by molar-refractivity contribution is 9.10. The summed E-state index contributed by atoms with van der Waals surface area (Å²) in [5.74, 6) is 0. The average molecular weight is 238 g/mol. The van der Waals surface area contributed by atoms with Crippen molar-refractivity contribution in [3.05, 3.63) is 34.3 Å². The maximum Gasteiger partial charge on any atom is 0.0175 e. The first kappa shape index (κ1) is 8.01. The zero-order valence-corrected chi connectivity index (χ0v) is 8.97. The lowest BCUT2D eigenvalue weighted by molar-refractivity contribution is 0.304. The summed E-state index contributed by atoms with van der Waals surface area (Å²) in [6.45, 7) is 1.18. The maximum atomic E-state index is 3.54. The molecule has 1 aliphatic carbocycles. The summed E-state index contributed by atoms with van der Waals surface area (Å²) in [6.07, 6.45) is 2.68. The molecule has 0 unspecified atom stereocenters. The Balaban J connectivity index is 1.96. The van der Waals surface area contributed by atoms with Crippen molar-refractivity contribution in [3.63, 3.8) is 0 Å². The largest absolute Gasteiger partial charge is 0.313 e. The van der Waals surface area contributed by atoms with E-state index in [0.717, 1.165) is 6.04 Å². The lowest BCUT2D eigenvalue weighted by Gasteiger charge is -2.37. The van der Waals surface area contributed by atoms with E-state index in [9.17, 15) is 0 Å². The summed E-state index contributed by atoms with van der Waals surface area (Å²) in [4.78, 5) is 0. The van der Waals surface area contributed by atoms with Gasteiger partial charge < -0.3 is 5.32 Å². The summed E-state index contributed by atoms with van der Waals surface area (Å²) in [5, 5.41) is 3.54. The van der Waals surface area contributed by atoms with Gasteiger partial charge in [0.2, 0.25) is 0 Å². The smallest absolute Gasteiger partial charge is 0.0175 e. The minimum atomic E-state index is 0.491. The number of fused-ring (bicyclic) bond motifs is 1. The fourth-order valence-corrected chi connectivity index (χ4v) is 2.92. The average Bonchev–Trinajstić information content (AvgIpc) is 2.63. The molecule has 2 aliphatic heterocycles. The molecule has 0 radical (unpaired) electrons. The molecule has 1 N–H and O–H groups in total. The van der Waals surface area contributed by atoms with E-state index in [-0.39, 0.29) is 0 Å². The lowest BCUT2D eigenvalue weighted by Crippen LogP contribution is -2.37. The molecule has 2 heteroatoms. The Labute approximate surface area is 86.7 Å². The molecule has 4 rings (SSSR count). The van der Waals surface area contributed by atoms with Crippen LogP contribution in [0.1, 0.15) is 18.4 Å². The van der Waals surface area contributed by atoms with Crippen LogP contribution >= 0.6 is 15.9 Å². The van der Waals surface area contributed by atoms with Crippen molar-refractivity contribution >= 4 is 15.9 Å². The number of hydrogen-bond donors (Lipinski definition) is 1. The molecule has 3 aliphatic rings. The Morgan fingerprint density at radius 2 is 1.92 bits per heavy atom. The SMILES string of the molecule is Brc1ccc(C23CNC(C2)C3)cc1. The third-order valence-corrected chi connectivity index (χ3v) is 3.99. The molecule has 0 aromatic heterocycles. The van der Waals surface area contributed by atoms with E-state index in [1.165, 1.54) is 29.4 Å². The van der Waals surface area contributed by atoms with Crippen molar-refractivity contribution in [2.24, 2.45) is 0 Å². The van der Waals surface area contributed by atoms with E-state index in [1.807, 2.05) is 0 Å². The zero-order valence-electron chi connectivity index (χ0n) is 7.39. The number of benzene rings is 1. The minimum absolute atomic E-state index is 0.491. The van der Waals surface area contributed by atoms with Gasteiger partial charge in [0.25, 0.3) is 0 Å². The second kappa shape index (κ2) is 2.58. The van der Waals surface area contributed by atoms with E-state index in [0.29, 0.717) is 5.41 Å². The molecule has 2 heterocycles. The minimum Gasteiger partial charge on any atom is -0.313 e. The summed E-state index contributed by atoms with van der Waals surface area (Å²) in [7, 11) is 0. The van der Waals surface area contributed by atoms with E-state index < -0.39 is 0 Å². The Bertz CT molecular complexity index is 319. The second-order valence-electron chi connectivity index (χ2n) is 4.27. The van der Waals surface area contributed by atoms with Crippen molar-refractivity contribution in [2.45, 2.75) is 24.3 Å². The highest BCUT2D eigenvalue weighted by Gasteiger charge is 2.50. The third kappa shape index (κ3) is 1.09. The molecular formula is C11H12BrN. The molecule has 13 heavy (non-hydrogen) atoms. The molecule has 0 amide bonds. The first-order valence-corrected chi connectivity index (χ1v) is 5.57. The van der Waals surface area contributed by atoms with Gasteiger partial charge in [0.15, 0.2) is 0 Å². The van der Waals surface area contributed by atoms with Crippen LogP contribution < -0.4 is 5.32 Å². The van der Waals surface area contributed by atoms with Gasteiger partial charge in [0.05, 0.1) is 0 Å². The third-order valence-electron chi connectivity index (χ3n) is 3.46. The second-order valence-corrected chi connectivity index (χ2v) is 5.19. The van der Waals surface area contributed by atoms with Crippen molar-refractivity contribution < 1.29 is 0 Å². The van der Waals surface area contributed by atoms with E-state index >= 15 is 0 Å². The van der Waals surface area contributed by atoms with E-state index in [4.69, 9.17) is 0 Å². The van der Waals surface area contributed by atoms with Crippen LogP contribution in [-0.2, 0) is 5.41 Å². The molecule has 0 atom stereocenters. The number of rotatable bonds is 1. The summed E-state index contributed by atoms with van der Waals surface area (Å²) < 4.78 is 1.18. The summed E-state index contributed by atoms with van der Waals surface area (Å²) in [5.41, 5.74) is 2.00. The van der Waals surface area contributed by atoms with Gasteiger partial charge >= 0.3 is 0 Å². The monoisotopic (exact) mass is 237 g/mol. The van der Waals surface area contributed by atoms with Gasteiger partial charge in [0, 0.05) is 22.5 Å². The first-order valence-electron chi connectivity index (χ1n) is 4.78. The molecular weight excluding hydrogens is 226 g/mol. The molecule has 0 spiro atoms. The summed E-state index contributed by atoms with van der Waals surface area (Å²) in [6, 6.07) is 9.62. The van der Waals surface area contributed by atoms with Gasteiger partial charge in [-0.2, -0.15) is 0 Å². The van der Waals surface area contributed by atoms with Crippen molar-refractivity contribution in [3.8, 4) is 0 Å². The van der Waals surface area contributed by atoms with Crippen LogP contribution in [-0.4, -0.2) is 12.6 Å². The molecule has 3 fully saturated rings. The molecule has 2 saturated heterocycles. The normalized spacial score (nSPS) is 35.9.